The molecule has 160 valence electrons. The second kappa shape index (κ2) is 9.76. The molecule has 1 aliphatic heterocycles. The van der Waals surface area contributed by atoms with Crippen LogP contribution in [0, 0.1) is 6.92 Å². The van der Waals surface area contributed by atoms with Gasteiger partial charge in [-0.3, -0.25) is 4.79 Å². The molecule has 1 N–H and O–H groups in total. The summed E-state index contributed by atoms with van der Waals surface area (Å²) >= 11 is 12.2. The van der Waals surface area contributed by atoms with Crippen molar-refractivity contribution in [3.8, 4) is 0 Å². The summed E-state index contributed by atoms with van der Waals surface area (Å²) in [5.41, 5.74) is 6.34. The molecule has 1 heterocycles. The van der Waals surface area contributed by atoms with Gasteiger partial charge in [0, 0.05) is 19.6 Å². The summed E-state index contributed by atoms with van der Waals surface area (Å²) < 4.78 is 0. The van der Waals surface area contributed by atoms with Crippen LogP contribution in [0.5, 0.6) is 0 Å². The number of anilines is 1. The summed E-state index contributed by atoms with van der Waals surface area (Å²) in [5.74, 6) is 0.0480. The first-order valence-corrected chi connectivity index (χ1v) is 11.4. The molecule has 1 amide bonds. The molecule has 0 fully saturated rings. The minimum Gasteiger partial charge on any atom is -0.384 e. The number of fused-ring (bicyclic) bond motifs is 1. The smallest absolute Gasteiger partial charge is 0.256 e. The highest BCUT2D eigenvalue weighted by Gasteiger charge is 2.22. The molecule has 3 aromatic rings. The van der Waals surface area contributed by atoms with Gasteiger partial charge < -0.3 is 10.2 Å². The fourth-order valence-electron chi connectivity index (χ4n) is 3.98. The summed E-state index contributed by atoms with van der Waals surface area (Å²) in [6, 6.07) is 20.0. The Labute approximate surface area is 194 Å². The minimum atomic E-state index is 0.0480. The molecule has 0 saturated heterocycles. The van der Waals surface area contributed by atoms with E-state index in [9.17, 15) is 4.79 Å². The predicted octanol–water partition coefficient (Wildman–Crippen LogP) is 6.55. The molecular formula is C26H26Cl2N2O. The van der Waals surface area contributed by atoms with Crippen LogP contribution in [0.2, 0.25) is 10.0 Å². The number of hydrogen-bond acceptors (Lipinski definition) is 2. The summed E-state index contributed by atoms with van der Waals surface area (Å²) in [5, 5.41) is 4.53. The maximum Gasteiger partial charge on any atom is 0.256 e. The van der Waals surface area contributed by atoms with E-state index in [4.69, 9.17) is 23.2 Å². The van der Waals surface area contributed by atoms with E-state index in [1.807, 2.05) is 35.2 Å². The van der Waals surface area contributed by atoms with Crippen molar-refractivity contribution in [2.24, 2.45) is 0 Å². The Hall–Kier alpha value is -2.49. The number of halogens is 2. The highest BCUT2D eigenvalue weighted by Crippen LogP contribution is 2.28. The van der Waals surface area contributed by atoms with E-state index in [2.05, 4.69) is 42.6 Å². The fraction of sp³-hybridized carbons (Fsp3) is 0.269. The van der Waals surface area contributed by atoms with Gasteiger partial charge >= 0.3 is 0 Å². The molecule has 1 aliphatic rings. The first-order valence-electron chi connectivity index (χ1n) is 10.7. The SMILES string of the molecule is Cc1ccc(CN(CCc2ccc(Cl)c(Cl)c2)C(=O)c2cccc3c2NCCC3)cc1. The van der Waals surface area contributed by atoms with Gasteiger partial charge in [0.1, 0.15) is 0 Å². The van der Waals surface area contributed by atoms with Crippen molar-refractivity contribution in [3.05, 3.63) is 98.5 Å². The highest BCUT2D eigenvalue weighted by molar-refractivity contribution is 6.42. The summed E-state index contributed by atoms with van der Waals surface area (Å²) in [4.78, 5) is 15.6. The highest BCUT2D eigenvalue weighted by atomic mass is 35.5. The normalized spacial score (nSPS) is 12.7. The third-order valence-electron chi connectivity index (χ3n) is 5.74. The molecule has 3 aromatic carbocycles. The van der Waals surface area contributed by atoms with Gasteiger partial charge in [0.25, 0.3) is 5.91 Å². The van der Waals surface area contributed by atoms with Gasteiger partial charge in [0.2, 0.25) is 0 Å². The lowest BCUT2D eigenvalue weighted by Crippen LogP contribution is -2.33. The average Bonchev–Trinajstić information content (AvgIpc) is 2.79. The van der Waals surface area contributed by atoms with Crippen molar-refractivity contribution < 1.29 is 4.79 Å². The molecule has 31 heavy (non-hydrogen) atoms. The third-order valence-corrected chi connectivity index (χ3v) is 6.48. The topological polar surface area (TPSA) is 32.3 Å². The van der Waals surface area contributed by atoms with Crippen LogP contribution >= 0.6 is 23.2 Å². The first-order chi connectivity index (χ1) is 15.0. The first kappa shape index (κ1) is 21.7. The zero-order valence-corrected chi connectivity index (χ0v) is 19.1. The Morgan fingerprint density at radius 1 is 1.00 bits per heavy atom. The van der Waals surface area contributed by atoms with E-state index in [0.717, 1.165) is 41.8 Å². The molecular weight excluding hydrogens is 427 g/mol. The summed E-state index contributed by atoms with van der Waals surface area (Å²) in [6.45, 7) is 4.12. The molecule has 0 unspecified atom stereocenters. The zero-order chi connectivity index (χ0) is 21.8. The number of aryl methyl sites for hydroxylation is 2. The van der Waals surface area contributed by atoms with Crippen LogP contribution in [0.15, 0.2) is 60.7 Å². The third kappa shape index (κ3) is 5.23. The number of carbonyl (C=O) groups is 1. The lowest BCUT2D eigenvalue weighted by molar-refractivity contribution is 0.0746. The quantitative estimate of drug-likeness (QED) is 0.459. The molecule has 5 heteroatoms. The molecule has 0 atom stereocenters. The summed E-state index contributed by atoms with van der Waals surface area (Å²) in [6.07, 6.45) is 2.80. The van der Waals surface area contributed by atoms with E-state index in [-0.39, 0.29) is 5.91 Å². The van der Waals surface area contributed by atoms with Crippen molar-refractivity contribution in [3.63, 3.8) is 0 Å². The van der Waals surface area contributed by atoms with Crippen molar-refractivity contribution in [2.75, 3.05) is 18.4 Å². The number of rotatable bonds is 6. The average molecular weight is 453 g/mol. The van der Waals surface area contributed by atoms with Gasteiger partial charge in [-0.15, -0.1) is 0 Å². The van der Waals surface area contributed by atoms with Crippen LogP contribution in [0.1, 0.15) is 39.0 Å². The maximum absolute atomic E-state index is 13.7. The van der Waals surface area contributed by atoms with Crippen LogP contribution in [0.4, 0.5) is 5.69 Å². The Bertz CT molecular complexity index is 1080. The van der Waals surface area contributed by atoms with Crippen molar-refractivity contribution in [2.45, 2.75) is 32.7 Å². The monoisotopic (exact) mass is 452 g/mol. The predicted molar refractivity (Wildman–Crippen MR) is 129 cm³/mol. The summed E-state index contributed by atoms with van der Waals surface area (Å²) in [7, 11) is 0. The van der Waals surface area contributed by atoms with Crippen molar-refractivity contribution in [1.29, 1.82) is 0 Å². The van der Waals surface area contributed by atoms with Crippen molar-refractivity contribution >= 4 is 34.8 Å². The minimum absolute atomic E-state index is 0.0480. The second-order valence-corrected chi connectivity index (χ2v) is 8.90. The van der Waals surface area contributed by atoms with E-state index in [0.29, 0.717) is 29.6 Å². The molecule has 0 radical (unpaired) electrons. The van der Waals surface area contributed by atoms with Crippen molar-refractivity contribution in [1.82, 2.24) is 4.90 Å². The second-order valence-electron chi connectivity index (χ2n) is 8.08. The lowest BCUT2D eigenvalue weighted by atomic mass is 9.98. The Morgan fingerprint density at radius 3 is 2.55 bits per heavy atom. The van der Waals surface area contributed by atoms with Crippen LogP contribution < -0.4 is 5.32 Å². The molecule has 0 saturated carbocycles. The number of nitrogens with zero attached hydrogens (tertiary/aromatic N) is 1. The molecule has 0 spiro atoms. The number of para-hydroxylation sites is 1. The van der Waals surface area contributed by atoms with E-state index < -0.39 is 0 Å². The largest absolute Gasteiger partial charge is 0.384 e. The van der Waals surface area contributed by atoms with E-state index >= 15 is 0 Å². The Kier molecular flexibility index (Phi) is 6.84. The van der Waals surface area contributed by atoms with Crippen LogP contribution in [-0.4, -0.2) is 23.9 Å². The van der Waals surface area contributed by atoms with Gasteiger partial charge in [0.05, 0.1) is 21.3 Å². The van der Waals surface area contributed by atoms with Gasteiger partial charge in [-0.1, -0.05) is 71.2 Å². The zero-order valence-electron chi connectivity index (χ0n) is 17.6. The Morgan fingerprint density at radius 2 is 1.77 bits per heavy atom. The van der Waals surface area contributed by atoms with Crippen LogP contribution in [-0.2, 0) is 19.4 Å². The van der Waals surface area contributed by atoms with E-state index in [1.54, 1.807) is 0 Å². The van der Waals surface area contributed by atoms with E-state index in [1.165, 1.54) is 11.1 Å². The molecule has 3 nitrogen and oxygen atoms in total. The molecule has 0 aliphatic carbocycles. The standard InChI is InChI=1S/C26H26Cl2N2O/c1-18-7-9-20(10-8-18)17-30(15-13-19-11-12-23(27)24(28)16-19)26(31)22-6-2-4-21-5-3-14-29-25(21)22/h2,4,6-12,16,29H,3,5,13-15,17H2,1H3. The van der Waals surface area contributed by atoms with Crippen LogP contribution in [0.25, 0.3) is 0 Å². The fourth-order valence-corrected chi connectivity index (χ4v) is 4.30. The number of benzene rings is 3. The number of hydrogen-bond donors (Lipinski definition) is 1. The lowest BCUT2D eigenvalue weighted by Gasteiger charge is -2.27. The molecule has 0 bridgehead atoms. The maximum atomic E-state index is 13.7. The van der Waals surface area contributed by atoms with Gasteiger partial charge in [-0.2, -0.15) is 0 Å². The van der Waals surface area contributed by atoms with Gasteiger partial charge in [-0.25, -0.2) is 0 Å². The van der Waals surface area contributed by atoms with Gasteiger partial charge in [0.15, 0.2) is 0 Å². The Balaban J connectivity index is 1.60. The molecule has 0 aromatic heterocycles. The van der Waals surface area contributed by atoms with Crippen LogP contribution in [0.3, 0.4) is 0 Å². The number of nitrogens with one attached hydrogen (secondary N) is 1. The van der Waals surface area contributed by atoms with Gasteiger partial charge in [-0.05, 0) is 61.1 Å². The molecule has 4 rings (SSSR count). The number of amides is 1. The number of carbonyl (C=O) groups excluding carboxylic acids is 1.